The molecule has 0 radical (unpaired) electrons. The van der Waals surface area contributed by atoms with E-state index in [9.17, 15) is 0 Å². The third kappa shape index (κ3) is 12.0. The number of hydrogen-bond acceptors (Lipinski definition) is 4. The lowest BCUT2D eigenvalue weighted by Gasteiger charge is -2.20. The van der Waals surface area contributed by atoms with Gasteiger partial charge in [0.1, 0.15) is 0 Å². The van der Waals surface area contributed by atoms with Crippen LogP contribution in [0.1, 0.15) is 26.7 Å². The molecule has 0 saturated heterocycles. The summed E-state index contributed by atoms with van der Waals surface area (Å²) in [5.41, 5.74) is 5.47. The molecule has 0 bridgehead atoms. The van der Waals surface area contributed by atoms with Crippen LogP contribution in [0.2, 0.25) is 0 Å². The Morgan fingerprint density at radius 2 is 1.50 bits per heavy atom. The number of rotatable bonds is 13. The summed E-state index contributed by atoms with van der Waals surface area (Å²) in [6, 6.07) is 0. The fourth-order valence-electron chi connectivity index (χ4n) is 1.82. The van der Waals surface area contributed by atoms with Gasteiger partial charge in [-0.25, -0.2) is 0 Å². The van der Waals surface area contributed by atoms with Gasteiger partial charge in [0.2, 0.25) is 0 Å². The van der Waals surface area contributed by atoms with E-state index in [0.717, 1.165) is 45.8 Å². The molecule has 0 aliphatic carbocycles. The fourth-order valence-corrected chi connectivity index (χ4v) is 1.82. The molecule has 0 aromatic rings. The summed E-state index contributed by atoms with van der Waals surface area (Å²) in [6.45, 7) is 12.6. The molecule has 0 aromatic carbocycles. The largest absolute Gasteiger partial charge is 0.327 e. The van der Waals surface area contributed by atoms with Crippen LogP contribution in [0.3, 0.4) is 0 Å². The highest BCUT2D eigenvalue weighted by molar-refractivity contribution is 4.85. The van der Waals surface area contributed by atoms with E-state index < -0.39 is 0 Å². The van der Waals surface area contributed by atoms with Crippen molar-refractivity contribution in [2.45, 2.75) is 26.7 Å². The normalized spacial score (nSPS) is 11.8. The van der Waals surface area contributed by atoms with Gasteiger partial charge in [-0.3, -0.25) is 4.90 Å². The van der Waals surface area contributed by atoms with E-state index >= 15 is 0 Å². The first-order chi connectivity index (χ1) is 8.85. The average Bonchev–Trinajstić information content (AvgIpc) is 2.39. The van der Waals surface area contributed by atoms with Crippen molar-refractivity contribution in [3.63, 3.8) is 0 Å². The monoisotopic (exact) mass is 256 g/mol. The molecule has 0 amide bonds. The second-order valence-corrected chi connectivity index (χ2v) is 4.42. The van der Waals surface area contributed by atoms with Crippen LogP contribution in [-0.2, 0) is 0 Å². The average molecular weight is 256 g/mol. The van der Waals surface area contributed by atoms with Crippen LogP contribution in [0.5, 0.6) is 0 Å². The van der Waals surface area contributed by atoms with Crippen molar-refractivity contribution in [2.24, 2.45) is 5.73 Å². The molecule has 0 heterocycles. The first-order valence-electron chi connectivity index (χ1n) is 7.34. The first kappa shape index (κ1) is 17.6. The van der Waals surface area contributed by atoms with Crippen LogP contribution in [-0.4, -0.2) is 57.3 Å². The number of hydrogen-bond donors (Lipinski definition) is 3. The molecule has 4 heteroatoms. The number of nitrogens with zero attached hydrogens (tertiary/aromatic N) is 1. The molecular formula is C14H32N4. The summed E-state index contributed by atoms with van der Waals surface area (Å²) in [5.74, 6) is 0. The van der Waals surface area contributed by atoms with E-state index in [1.807, 2.05) is 6.08 Å². The zero-order valence-electron chi connectivity index (χ0n) is 12.3. The summed E-state index contributed by atoms with van der Waals surface area (Å²) in [4.78, 5) is 2.50. The van der Waals surface area contributed by atoms with Crippen molar-refractivity contribution in [3.8, 4) is 0 Å². The maximum Gasteiger partial charge on any atom is 0.0163 e. The van der Waals surface area contributed by atoms with Gasteiger partial charge in [-0.2, -0.15) is 0 Å². The smallest absolute Gasteiger partial charge is 0.0163 e. The van der Waals surface area contributed by atoms with Crippen LogP contribution >= 0.6 is 0 Å². The van der Waals surface area contributed by atoms with E-state index in [1.54, 1.807) is 0 Å². The number of nitrogens with two attached hydrogens (primary N) is 1. The van der Waals surface area contributed by atoms with E-state index in [2.05, 4.69) is 35.5 Å². The van der Waals surface area contributed by atoms with E-state index in [-0.39, 0.29) is 0 Å². The van der Waals surface area contributed by atoms with Gasteiger partial charge >= 0.3 is 0 Å². The predicted molar refractivity (Wildman–Crippen MR) is 81.0 cm³/mol. The van der Waals surface area contributed by atoms with E-state index in [4.69, 9.17) is 5.73 Å². The fraction of sp³-hybridized carbons (Fsp3) is 0.857. The minimum absolute atomic E-state index is 0.641. The first-order valence-corrected chi connectivity index (χ1v) is 7.34. The van der Waals surface area contributed by atoms with Gasteiger partial charge in [0.25, 0.3) is 0 Å². The van der Waals surface area contributed by atoms with Gasteiger partial charge in [0.15, 0.2) is 0 Å². The molecule has 0 atom stereocenters. The molecule has 0 spiro atoms. The Kier molecular flexibility index (Phi) is 14.3. The van der Waals surface area contributed by atoms with Crippen molar-refractivity contribution in [1.82, 2.24) is 15.5 Å². The molecule has 0 aliphatic rings. The molecule has 0 fully saturated rings. The molecule has 0 saturated carbocycles. The predicted octanol–water partition coefficient (Wildman–Crippen LogP) is 0.803. The van der Waals surface area contributed by atoms with Crippen LogP contribution in [0.15, 0.2) is 12.2 Å². The van der Waals surface area contributed by atoms with E-state index in [0.29, 0.717) is 6.54 Å². The summed E-state index contributed by atoms with van der Waals surface area (Å²) in [5, 5.41) is 6.74. The van der Waals surface area contributed by atoms with Gasteiger partial charge in [0, 0.05) is 13.1 Å². The molecule has 0 aliphatic heterocycles. The van der Waals surface area contributed by atoms with Crippen molar-refractivity contribution in [3.05, 3.63) is 12.2 Å². The highest BCUT2D eigenvalue weighted by atomic mass is 15.1. The van der Waals surface area contributed by atoms with Crippen LogP contribution in [0.25, 0.3) is 0 Å². The topological polar surface area (TPSA) is 53.3 Å². The minimum Gasteiger partial charge on any atom is -0.327 e. The van der Waals surface area contributed by atoms with Gasteiger partial charge in [-0.15, -0.1) is 0 Å². The van der Waals surface area contributed by atoms with Crippen LogP contribution in [0.4, 0.5) is 0 Å². The standard InChI is InChI=1S/C14H32N4/c1-3-16-10-7-13-18(12-6-5-9-15)14-8-11-17-4-2/h5-6,16-17H,3-4,7-15H2,1-2H3. The van der Waals surface area contributed by atoms with Crippen molar-refractivity contribution >= 4 is 0 Å². The Labute approximate surface area is 113 Å². The van der Waals surface area contributed by atoms with E-state index in [1.165, 1.54) is 12.8 Å². The summed E-state index contributed by atoms with van der Waals surface area (Å²) in [7, 11) is 0. The lowest BCUT2D eigenvalue weighted by molar-refractivity contribution is 0.291. The van der Waals surface area contributed by atoms with Crippen molar-refractivity contribution in [2.75, 3.05) is 52.4 Å². The maximum absolute atomic E-state index is 5.47. The third-order valence-electron chi connectivity index (χ3n) is 2.82. The zero-order valence-corrected chi connectivity index (χ0v) is 12.3. The summed E-state index contributed by atoms with van der Waals surface area (Å²) >= 11 is 0. The lowest BCUT2D eigenvalue weighted by Crippen LogP contribution is -2.30. The Morgan fingerprint density at radius 1 is 0.944 bits per heavy atom. The SMILES string of the molecule is CCNCCCN(CC=CCN)CCCNCC. The van der Waals surface area contributed by atoms with Gasteiger partial charge in [0.05, 0.1) is 0 Å². The Balaban J connectivity index is 3.73. The molecule has 18 heavy (non-hydrogen) atoms. The lowest BCUT2D eigenvalue weighted by atomic mass is 10.3. The second-order valence-electron chi connectivity index (χ2n) is 4.42. The molecule has 0 aromatic heterocycles. The van der Waals surface area contributed by atoms with Gasteiger partial charge < -0.3 is 16.4 Å². The van der Waals surface area contributed by atoms with Crippen molar-refractivity contribution in [1.29, 1.82) is 0 Å². The minimum atomic E-state index is 0.641. The van der Waals surface area contributed by atoms with Crippen LogP contribution in [0, 0.1) is 0 Å². The molecule has 4 nitrogen and oxygen atoms in total. The van der Waals surface area contributed by atoms with Gasteiger partial charge in [-0.05, 0) is 52.1 Å². The van der Waals surface area contributed by atoms with Crippen molar-refractivity contribution < 1.29 is 0 Å². The Hall–Kier alpha value is -0.420. The number of nitrogens with one attached hydrogen (secondary N) is 2. The zero-order chi connectivity index (χ0) is 13.5. The Morgan fingerprint density at radius 3 is 1.94 bits per heavy atom. The molecule has 4 N–H and O–H groups in total. The summed E-state index contributed by atoms with van der Waals surface area (Å²) < 4.78 is 0. The third-order valence-corrected chi connectivity index (χ3v) is 2.82. The second kappa shape index (κ2) is 14.6. The van der Waals surface area contributed by atoms with Gasteiger partial charge in [-0.1, -0.05) is 26.0 Å². The molecule has 0 unspecified atom stereocenters. The molecule has 0 rings (SSSR count). The quantitative estimate of drug-likeness (QED) is 0.337. The summed E-state index contributed by atoms with van der Waals surface area (Å²) in [6.07, 6.45) is 6.65. The highest BCUT2D eigenvalue weighted by Gasteiger charge is 2.02. The molecular weight excluding hydrogens is 224 g/mol. The highest BCUT2D eigenvalue weighted by Crippen LogP contribution is 1.94. The van der Waals surface area contributed by atoms with Crippen LogP contribution < -0.4 is 16.4 Å². The molecule has 108 valence electrons. The maximum atomic E-state index is 5.47. The Bertz CT molecular complexity index is 171.